The first-order chi connectivity index (χ1) is 11.5. The number of likely N-dealkylation sites (tertiary alicyclic amines) is 1. The first-order valence-corrected chi connectivity index (χ1v) is 8.76. The molecule has 2 heterocycles. The molecule has 2 aromatic rings. The highest BCUT2D eigenvalue weighted by Crippen LogP contribution is 2.23. The summed E-state index contributed by atoms with van der Waals surface area (Å²) in [6.07, 6.45) is 3.48. The summed E-state index contributed by atoms with van der Waals surface area (Å²) in [5.74, 6) is 1.99. The van der Waals surface area contributed by atoms with E-state index in [-0.39, 0.29) is 11.9 Å². The Morgan fingerprint density at radius 1 is 1.25 bits per heavy atom. The maximum Gasteiger partial charge on any atom is 0.222 e. The van der Waals surface area contributed by atoms with Gasteiger partial charge < -0.3 is 4.90 Å². The van der Waals surface area contributed by atoms with Gasteiger partial charge in [0.1, 0.15) is 11.6 Å². The Hall–Kier alpha value is -2.17. The van der Waals surface area contributed by atoms with Gasteiger partial charge in [0.05, 0.1) is 6.04 Å². The Balaban J connectivity index is 1.61. The van der Waals surface area contributed by atoms with Crippen molar-refractivity contribution in [1.29, 1.82) is 0 Å². The average Bonchev–Trinajstić information content (AvgIpc) is 2.92. The normalized spacial score (nSPS) is 18.0. The molecule has 1 aromatic heterocycles. The number of carbonyl (C=O) groups is 1. The molecule has 0 radical (unpaired) electrons. The zero-order chi connectivity index (χ0) is 17.1. The van der Waals surface area contributed by atoms with Crippen LogP contribution in [-0.4, -0.2) is 38.7 Å². The number of nitrogens with zero attached hydrogens (tertiary/aromatic N) is 4. The average molecular weight is 326 g/mol. The number of rotatable bonds is 4. The highest BCUT2D eigenvalue weighted by molar-refractivity contribution is 5.76. The Labute approximate surface area is 143 Å². The van der Waals surface area contributed by atoms with Gasteiger partial charge in [-0.2, -0.15) is 5.10 Å². The lowest BCUT2D eigenvalue weighted by Gasteiger charge is -2.33. The number of carbonyl (C=O) groups excluding carboxylic acids is 1. The van der Waals surface area contributed by atoms with E-state index in [1.807, 2.05) is 35.6 Å². The van der Waals surface area contributed by atoms with Crippen LogP contribution in [0.5, 0.6) is 0 Å². The predicted molar refractivity (Wildman–Crippen MR) is 93.8 cm³/mol. The molecule has 0 N–H and O–H groups in total. The Morgan fingerprint density at radius 3 is 2.75 bits per heavy atom. The molecule has 0 aliphatic carbocycles. The maximum absolute atomic E-state index is 12.6. The molecule has 0 bridgehead atoms. The van der Waals surface area contributed by atoms with E-state index in [9.17, 15) is 4.79 Å². The molecule has 24 heavy (non-hydrogen) atoms. The smallest absolute Gasteiger partial charge is 0.222 e. The summed E-state index contributed by atoms with van der Waals surface area (Å²) in [5.41, 5.74) is 2.53. The molecule has 5 heteroatoms. The van der Waals surface area contributed by atoms with E-state index < -0.39 is 0 Å². The number of benzene rings is 1. The van der Waals surface area contributed by atoms with Gasteiger partial charge in [0.25, 0.3) is 0 Å². The highest BCUT2D eigenvalue weighted by Gasteiger charge is 2.26. The van der Waals surface area contributed by atoms with Gasteiger partial charge in [-0.3, -0.25) is 4.79 Å². The minimum atomic E-state index is 0.248. The maximum atomic E-state index is 12.6. The number of amides is 1. The molecule has 1 fully saturated rings. The van der Waals surface area contributed by atoms with Crippen molar-refractivity contribution in [3.05, 3.63) is 47.0 Å². The summed E-state index contributed by atoms with van der Waals surface area (Å²) in [5, 5.41) is 4.50. The van der Waals surface area contributed by atoms with Gasteiger partial charge in [-0.15, -0.1) is 0 Å². The van der Waals surface area contributed by atoms with Gasteiger partial charge in [0.2, 0.25) is 5.91 Å². The fourth-order valence-electron chi connectivity index (χ4n) is 3.55. The van der Waals surface area contributed by atoms with Gasteiger partial charge in [-0.1, -0.05) is 24.3 Å². The lowest BCUT2D eigenvalue weighted by molar-refractivity contribution is -0.132. The van der Waals surface area contributed by atoms with Gasteiger partial charge in [0, 0.05) is 19.5 Å². The first kappa shape index (κ1) is 16.7. The van der Waals surface area contributed by atoms with Crippen LogP contribution < -0.4 is 0 Å². The molecule has 1 saturated heterocycles. The van der Waals surface area contributed by atoms with Crippen LogP contribution in [0.25, 0.3) is 0 Å². The first-order valence-electron chi connectivity index (χ1n) is 8.76. The van der Waals surface area contributed by atoms with E-state index in [0.717, 1.165) is 44.0 Å². The third-order valence-electron chi connectivity index (χ3n) is 4.87. The second-order valence-electron chi connectivity index (χ2n) is 6.71. The Kier molecular flexibility index (Phi) is 4.97. The zero-order valence-electron chi connectivity index (χ0n) is 14.8. The summed E-state index contributed by atoms with van der Waals surface area (Å²) < 4.78 is 2.00. The molecule has 0 unspecified atom stereocenters. The van der Waals surface area contributed by atoms with Crippen molar-refractivity contribution in [2.24, 2.45) is 0 Å². The van der Waals surface area contributed by atoms with Crippen molar-refractivity contribution in [2.75, 3.05) is 13.1 Å². The number of piperidine rings is 1. The fraction of sp³-hybridized carbons (Fsp3) is 0.526. The molecular weight excluding hydrogens is 300 g/mol. The van der Waals surface area contributed by atoms with Crippen LogP contribution in [0, 0.1) is 20.8 Å². The van der Waals surface area contributed by atoms with Crippen LogP contribution in [0.3, 0.4) is 0 Å². The van der Waals surface area contributed by atoms with Gasteiger partial charge in [0.15, 0.2) is 0 Å². The summed E-state index contributed by atoms with van der Waals surface area (Å²) >= 11 is 0. The fourth-order valence-corrected chi connectivity index (χ4v) is 3.55. The topological polar surface area (TPSA) is 51.0 Å². The molecule has 1 aliphatic rings. The van der Waals surface area contributed by atoms with Gasteiger partial charge in [-0.05, 0) is 51.2 Å². The lowest BCUT2D eigenvalue weighted by Crippen LogP contribution is -2.41. The van der Waals surface area contributed by atoms with Crippen molar-refractivity contribution in [2.45, 2.75) is 52.5 Å². The van der Waals surface area contributed by atoms with Gasteiger partial charge in [-0.25, -0.2) is 9.67 Å². The zero-order valence-corrected chi connectivity index (χ0v) is 14.8. The minimum absolute atomic E-state index is 0.248. The van der Waals surface area contributed by atoms with Crippen molar-refractivity contribution < 1.29 is 4.79 Å². The Bertz CT molecular complexity index is 722. The third kappa shape index (κ3) is 3.66. The molecule has 1 aliphatic heterocycles. The number of hydrogen-bond donors (Lipinski definition) is 0. The van der Waals surface area contributed by atoms with Crippen molar-refractivity contribution in [3.63, 3.8) is 0 Å². The number of aryl methyl sites for hydroxylation is 4. The number of hydrogen-bond acceptors (Lipinski definition) is 3. The molecule has 0 spiro atoms. The summed E-state index contributed by atoms with van der Waals surface area (Å²) in [6, 6.07) is 8.55. The molecule has 0 saturated carbocycles. The summed E-state index contributed by atoms with van der Waals surface area (Å²) in [7, 11) is 0. The largest absolute Gasteiger partial charge is 0.341 e. The second kappa shape index (κ2) is 7.16. The van der Waals surface area contributed by atoms with Crippen LogP contribution in [0.4, 0.5) is 0 Å². The van der Waals surface area contributed by atoms with Crippen molar-refractivity contribution in [3.8, 4) is 0 Å². The Morgan fingerprint density at radius 2 is 2.04 bits per heavy atom. The van der Waals surface area contributed by atoms with Crippen LogP contribution in [-0.2, 0) is 11.2 Å². The van der Waals surface area contributed by atoms with E-state index in [4.69, 9.17) is 0 Å². The molecule has 1 atom stereocenters. The predicted octanol–water partition coefficient (Wildman–Crippen LogP) is 3.00. The lowest BCUT2D eigenvalue weighted by atomic mass is 10.0. The van der Waals surface area contributed by atoms with Crippen LogP contribution in [0.2, 0.25) is 0 Å². The van der Waals surface area contributed by atoms with Crippen LogP contribution in [0.1, 0.15) is 48.1 Å². The summed E-state index contributed by atoms with van der Waals surface area (Å²) in [4.78, 5) is 19.0. The molecule has 5 nitrogen and oxygen atoms in total. The molecule has 1 amide bonds. The quantitative estimate of drug-likeness (QED) is 0.868. The highest BCUT2D eigenvalue weighted by atomic mass is 16.2. The standard InChI is InChI=1S/C19H26N4O/c1-14-7-4-5-8-17(14)10-11-19(24)22-12-6-9-18(13-22)23-16(3)20-15(2)21-23/h4-5,7-8,18H,6,9-13H2,1-3H3/t18-/m1/s1. The van der Waals surface area contributed by atoms with E-state index >= 15 is 0 Å². The number of aromatic nitrogens is 3. The molecule has 3 rings (SSSR count). The van der Waals surface area contributed by atoms with Gasteiger partial charge >= 0.3 is 0 Å². The van der Waals surface area contributed by atoms with Crippen molar-refractivity contribution in [1.82, 2.24) is 19.7 Å². The monoisotopic (exact) mass is 326 g/mol. The van der Waals surface area contributed by atoms with E-state index in [1.165, 1.54) is 11.1 Å². The molecule has 1 aromatic carbocycles. The SMILES string of the molecule is Cc1nc(C)n([C@@H]2CCCN(C(=O)CCc3ccccc3C)C2)n1. The second-order valence-corrected chi connectivity index (χ2v) is 6.71. The molecule has 128 valence electrons. The van der Waals surface area contributed by atoms with E-state index in [1.54, 1.807) is 0 Å². The van der Waals surface area contributed by atoms with Crippen LogP contribution >= 0.6 is 0 Å². The van der Waals surface area contributed by atoms with E-state index in [2.05, 4.69) is 29.1 Å². The third-order valence-corrected chi connectivity index (χ3v) is 4.87. The molecular formula is C19H26N4O. The van der Waals surface area contributed by atoms with E-state index in [0.29, 0.717) is 6.42 Å². The minimum Gasteiger partial charge on any atom is -0.341 e. The summed E-state index contributed by atoms with van der Waals surface area (Å²) in [6.45, 7) is 7.61. The van der Waals surface area contributed by atoms with Crippen LogP contribution in [0.15, 0.2) is 24.3 Å². The van der Waals surface area contributed by atoms with Crippen molar-refractivity contribution >= 4 is 5.91 Å².